The Morgan fingerprint density at radius 1 is 1.26 bits per heavy atom. The highest BCUT2D eigenvalue weighted by Crippen LogP contribution is 2.52. The average molecular weight is 501 g/mol. The molecule has 0 spiro atoms. The molecule has 0 amide bonds. The molecule has 1 aliphatic heterocycles. The highest BCUT2D eigenvalue weighted by atomic mass is 79.9. The number of anilines is 1. The highest BCUT2D eigenvalue weighted by molar-refractivity contribution is 9.10. The van der Waals surface area contributed by atoms with Gasteiger partial charge in [-0.05, 0) is 67.4 Å². The van der Waals surface area contributed by atoms with Crippen molar-refractivity contribution < 1.29 is 4.74 Å². The van der Waals surface area contributed by atoms with E-state index in [-0.39, 0.29) is 6.23 Å². The summed E-state index contributed by atoms with van der Waals surface area (Å²) in [5, 5.41) is 13.1. The van der Waals surface area contributed by atoms with Crippen LogP contribution >= 0.6 is 27.7 Å². The third-order valence-corrected chi connectivity index (χ3v) is 8.39. The van der Waals surface area contributed by atoms with Gasteiger partial charge in [-0.2, -0.15) is 4.98 Å². The summed E-state index contributed by atoms with van der Waals surface area (Å²) in [4.78, 5) is 4.70. The SMILES string of the molecule is CSc1nnc2c(n1)O[C@H]([C@@H]1C[C@@H]3C(=CCCC3(C)C)C[C@H]1C)Nc1ccc(Br)cc1-2. The number of allylic oxidation sites excluding steroid dienone is 2. The number of ether oxygens (including phenoxy) is 1. The van der Waals surface area contributed by atoms with E-state index in [2.05, 4.69) is 76.5 Å². The number of hydrogen-bond acceptors (Lipinski definition) is 6. The first-order valence-electron chi connectivity index (χ1n) is 11.1. The van der Waals surface area contributed by atoms with E-state index < -0.39 is 0 Å². The molecule has 4 atom stereocenters. The van der Waals surface area contributed by atoms with Crippen LogP contribution in [0.25, 0.3) is 11.3 Å². The normalized spacial score (nSPS) is 28.7. The van der Waals surface area contributed by atoms with Crippen molar-refractivity contribution in [3.63, 3.8) is 0 Å². The molecule has 1 aromatic carbocycles. The Balaban J connectivity index is 1.55. The molecule has 0 saturated heterocycles. The van der Waals surface area contributed by atoms with E-state index in [1.807, 2.05) is 6.26 Å². The number of aromatic nitrogens is 3. The summed E-state index contributed by atoms with van der Waals surface area (Å²) in [6.45, 7) is 7.24. The first kappa shape index (κ1) is 21.3. The molecule has 0 radical (unpaired) electrons. The lowest BCUT2D eigenvalue weighted by Crippen LogP contribution is -2.45. The van der Waals surface area contributed by atoms with E-state index >= 15 is 0 Å². The number of nitrogens with zero attached hydrogens (tertiary/aromatic N) is 3. The van der Waals surface area contributed by atoms with Crippen LogP contribution in [0.2, 0.25) is 0 Å². The number of halogens is 1. The minimum Gasteiger partial charge on any atom is -0.452 e. The molecular formula is C24H29BrN4OS. The van der Waals surface area contributed by atoms with Crippen LogP contribution in [0, 0.1) is 23.2 Å². The Morgan fingerprint density at radius 2 is 2.10 bits per heavy atom. The van der Waals surface area contributed by atoms with Gasteiger partial charge in [0.05, 0.1) is 0 Å². The molecular weight excluding hydrogens is 472 g/mol. The Hall–Kier alpha value is -1.60. The maximum Gasteiger partial charge on any atom is 0.247 e. The zero-order valence-electron chi connectivity index (χ0n) is 18.5. The van der Waals surface area contributed by atoms with Crippen molar-refractivity contribution in [3.8, 4) is 17.1 Å². The van der Waals surface area contributed by atoms with Crippen molar-refractivity contribution >= 4 is 33.4 Å². The van der Waals surface area contributed by atoms with Crippen molar-refractivity contribution in [1.29, 1.82) is 0 Å². The molecule has 5 rings (SSSR count). The first-order valence-corrected chi connectivity index (χ1v) is 13.1. The van der Waals surface area contributed by atoms with Crippen molar-refractivity contribution in [2.75, 3.05) is 11.6 Å². The maximum atomic E-state index is 6.61. The summed E-state index contributed by atoms with van der Waals surface area (Å²) in [6.07, 6.45) is 9.07. The van der Waals surface area contributed by atoms with E-state index in [1.54, 1.807) is 5.57 Å². The molecule has 0 bridgehead atoms. The van der Waals surface area contributed by atoms with Crippen LogP contribution in [0.15, 0.2) is 39.5 Å². The molecule has 164 valence electrons. The molecule has 2 aliphatic carbocycles. The summed E-state index contributed by atoms with van der Waals surface area (Å²) >= 11 is 5.08. The summed E-state index contributed by atoms with van der Waals surface area (Å²) in [5.74, 6) is 2.11. The van der Waals surface area contributed by atoms with Crippen molar-refractivity contribution in [2.45, 2.75) is 57.8 Å². The number of hydrogen-bond donors (Lipinski definition) is 1. The van der Waals surface area contributed by atoms with Gasteiger partial charge >= 0.3 is 0 Å². The Morgan fingerprint density at radius 3 is 2.90 bits per heavy atom. The van der Waals surface area contributed by atoms with Gasteiger partial charge in [-0.1, -0.05) is 60.1 Å². The fourth-order valence-electron chi connectivity index (χ4n) is 5.56. The monoisotopic (exact) mass is 500 g/mol. The standard InChI is InChI=1S/C24H29BrN4OS/c1-13-10-14-6-5-9-24(2,3)18(14)12-16(13)21-26-19-8-7-15(25)11-17(19)20-22(30-21)27-23(31-4)29-28-20/h6-8,11,13,16,18,21,26H,5,9-10,12H2,1-4H3/t13-,16-,18-,21-/m1/s1. The molecule has 1 N–H and O–H groups in total. The minimum atomic E-state index is -0.151. The van der Waals surface area contributed by atoms with Gasteiger partial charge in [-0.25, -0.2) is 0 Å². The molecule has 2 aromatic rings. The third kappa shape index (κ3) is 3.88. The lowest BCUT2D eigenvalue weighted by Gasteiger charge is -2.48. The van der Waals surface area contributed by atoms with Crippen LogP contribution in [0.4, 0.5) is 5.69 Å². The quantitative estimate of drug-likeness (QED) is 0.371. The zero-order chi connectivity index (χ0) is 21.8. The number of thioether (sulfide) groups is 1. The fraction of sp³-hybridized carbons (Fsp3) is 0.542. The molecule has 7 heteroatoms. The molecule has 31 heavy (non-hydrogen) atoms. The average Bonchev–Trinajstić information content (AvgIpc) is 2.89. The molecule has 3 aliphatic rings. The smallest absolute Gasteiger partial charge is 0.247 e. The largest absolute Gasteiger partial charge is 0.452 e. The maximum absolute atomic E-state index is 6.61. The third-order valence-electron chi connectivity index (χ3n) is 7.36. The van der Waals surface area contributed by atoms with Gasteiger partial charge in [0.15, 0.2) is 11.9 Å². The van der Waals surface area contributed by atoms with Crippen molar-refractivity contribution in [1.82, 2.24) is 15.2 Å². The van der Waals surface area contributed by atoms with E-state index in [0.717, 1.165) is 28.6 Å². The van der Waals surface area contributed by atoms with Gasteiger partial charge in [-0.15, -0.1) is 10.2 Å². The lowest BCUT2D eigenvalue weighted by molar-refractivity contribution is 0.0519. The molecule has 5 nitrogen and oxygen atoms in total. The Kier molecular flexibility index (Phi) is 5.53. The van der Waals surface area contributed by atoms with Crippen LogP contribution in [-0.2, 0) is 0 Å². The summed E-state index contributed by atoms with van der Waals surface area (Å²) in [5.41, 5.74) is 4.69. The first-order chi connectivity index (χ1) is 14.9. The molecule has 0 unspecified atom stereocenters. The van der Waals surface area contributed by atoms with Crippen LogP contribution in [0.1, 0.15) is 46.5 Å². The molecule has 1 fully saturated rings. The van der Waals surface area contributed by atoms with Gasteiger partial charge in [0.1, 0.15) is 0 Å². The van der Waals surface area contributed by atoms with Crippen LogP contribution in [-0.4, -0.2) is 27.7 Å². The predicted octanol–water partition coefficient (Wildman–Crippen LogP) is 6.56. The van der Waals surface area contributed by atoms with E-state index in [4.69, 9.17) is 9.72 Å². The molecule has 1 saturated carbocycles. The minimum absolute atomic E-state index is 0.151. The number of benzene rings is 1. The van der Waals surface area contributed by atoms with Gasteiger partial charge in [0, 0.05) is 21.6 Å². The summed E-state index contributed by atoms with van der Waals surface area (Å²) in [7, 11) is 0. The topological polar surface area (TPSA) is 59.9 Å². The number of fused-ring (bicyclic) bond motifs is 4. The number of rotatable bonds is 2. The second-order valence-corrected chi connectivity index (χ2v) is 11.5. The van der Waals surface area contributed by atoms with E-state index in [9.17, 15) is 0 Å². The second-order valence-electron chi connectivity index (χ2n) is 9.76. The number of nitrogens with one attached hydrogen (secondary N) is 1. The van der Waals surface area contributed by atoms with E-state index in [0.29, 0.717) is 39.9 Å². The van der Waals surface area contributed by atoms with Crippen molar-refractivity contribution in [3.05, 3.63) is 34.3 Å². The van der Waals surface area contributed by atoms with Gasteiger partial charge in [0.2, 0.25) is 11.0 Å². The highest BCUT2D eigenvalue weighted by Gasteiger charge is 2.44. The molecule has 1 aromatic heterocycles. The summed E-state index contributed by atoms with van der Waals surface area (Å²) in [6, 6.07) is 6.22. The van der Waals surface area contributed by atoms with Crippen LogP contribution < -0.4 is 10.1 Å². The summed E-state index contributed by atoms with van der Waals surface area (Å²) < 4.78 is 7.60. The lowest BCUT2D eigenvalue weighted by atomic mass is 9.59. The van der Waals surface area contributed by atoms with E-state index in [1.165, 1.54) is 24.6 Å². The molecule has 2 heterocycles. The van der Waals surface area contributed by atoms with Gasteiger partial charge in [0.25, 0.3) is 0 Å². The Labute approximate surface area is 197 Å². The van der Waals surface area contributed by atoms with Gasteiger partial charge < -0.3 is 10.1 Å². The zero-order valence-corrected chi connectivity index (χ0v) is 20.9. The van der Waals surface area contributed by atoms with Gasteiger partial charge in [-0.3, -0.25) is 0 Å². The fourth-order valence-corrected chi connectivity index (χ4v) is 6.22. The second kappa shape index (κ2) is 8.07. The van der Waals surface area contributed by atoms with Crippen LogP contribution in [0.3, 0.4) is 0 Å². The van der Waals surface area contributed by atoms with Crippen molar-refractivity contribution in [2.24, 2.45) is 23.2 Å². The van der Waals surface area contributed by atoms with Crippen LogP contribution in [0.5, 0.6) is 5.88 Å². The Bertz CT molecular complexity index is 1040. The predicted molar refractivity (Wildman–Crippen MR) is 129 cm³/mol.